The monoisotopic (exact) mass is 403 g/mol. The van der Waals surface area contributed by atoms with E-state index in [0.717, 1.165) is 17.8 Å². The van der Waals surface area contributed by atoms with E-state index in [1.807, 2.05) is 48.1 Å². The lowest BCUT2D eigenvalue weighted by Gasteiger charge is -2.23. The van der Waals surface area contributed by atoms with E-state index in [9.17, 15) is 4.79 Å². The molecule has 0 fully saturated rings. The highest BCUT2D eigenvalue weighted by Gasteiger charge is 2.23. The molecule has 4 rings (SSSR count). The van der Waals surface area contributed by atoms with E-state index in [1.165, 1.54) is 0 Å². The van der Waals surface area contributed by atoms with Gasteiger partial charge in [-0.05, 0) is 43.0 Å². The molecule has 0 saturated heterocycles. The van der Waals surface area contributed by atoms with Crippen molar-refractivity contribution in [3.8, 4) is 11.4 Å². The zero-order chi connectivity index (χ0) is 21.5. The van der Waals surface area contributed by atoms with Gasteiger partial charge in [-0.1, -0.05) is 44.1 Å². The number of hydrogen-bond acceptors (Lipinski definition) is 5. The first-order valence-corrected chi connectivity index (χ1v) is 9.99. The van der Waals surface area contributed by atoms with Crippen molar-refractivity contribution >= 4 is 22.7 Å². The summed E-state index contributed by atoms with van der Waals surface area (Å²) >= 11 is 0. The molecule has 0 unspecified atom stereocenters. The van der Waals surface area contributed by atoms with E-state index in [-0.39, 0.29) is 11.3 Å². The molecule has 7 heteroatoms. The third-order valence-corrected chi connectivity index (χ3v) is 5.07. The third kappa shape index (κ3) is 3.58. The number of benzene rings is 1. The molecule has 0 aliphatic carbocycles. The van der Waals surface area contributed by atoms with Gasteiger partial charge in [-0.2, -0.15) is 5.10 Å². The fraction of sp³-hybridized carbons (Fsp3) is 0.304. The summed E-state index contributed by atoms with van der Waals surface area (Å²) in [6, 6.07) is 11.5. The van der Waals surface area contributed by atoms with Crippen LogP contribution in [0.3, 0.4) is 0 Å². The van der Waals surface area contributed by atoms with Gasteiger partial charge in [-0.25, -0.2) is 4.98 Å². The van der Waals surface area contributed by atoms with Gasteiger partial charge in [0.05, 0.1) is 22.3 Å². The topological polar surface area (TPSA) is 85.8 Å². The summed E-state index contributed by atoms with van der Waals surface area (Å²) in [5, 5.41) is 12.2. The van der Waals surface area contributed by atoms with Gasteiger partial charge in [0.25, 0.3) is 11.6 Å². The first-order valence-electron chi connectivity index (χ1n) is 9.99. The van der Waals surface area contributed by atoms with Crippen molar-refractivity contribution in [2.45, 2.75) is 46.6 Å². The van der Waals surface area contributed by atoms with Crippen molar-refractivity contribution in [3.05, 3.63) is 59.4 Å². The highest BCUT2D eigenvalue weighted by atomic mass is 16.5. The predicted molar refractivity (Wildman–Crippen MR) is 117 cm³/mol. The van der Waals surface area contributed by atoms with E-state index in [0.29, 0.717) is 33.7 Å². The molecule has 3 heterocycles. The van der Waals surface area contributed by atoms with E-state index in [1.54, 1.807) is 13.0 Å². The summed E-state index contributed by atoms with van der Waals surface area (Å²) < 4.78 is 7.20. The molecular weight excluding hydrogens is 378 g/mol. The van der Waals surface area contributed by atoms with Crippen molar-refractivity contribution in [1.29, 1.82) is 0 Å². The van der Waals surface area contributed by atoms with Crippen molar-refractivity contribution in [1.82, 2.24) is 19.9 Å². The third-order valence-electron chi connectivity index (χ3n) is 5.07. The number of aromatic nitrogens is 4. The molecular formula is C23H25N5O2. The van der Waals surface area contributed by atoms with Gasteiger partial charge in [0.1, 0.15) is 5.69 Å². The van der Waals surface area contributed by atoms with Crippen LogP contribution >= 0.6 is 0 Å². The van der Waals surface area contributed by atoms with Gasteiger partial charge in [0.2, 0.25) is 0 Å². The maximum atomic E-state index is 13.4. The Balaban J connectivity index is 1.80. The number of fused-ring (bicyclic) bond motifs is 1. The highest BCUT2D eigenvalue weighted by molar-refractivity contribution is 6.13. The Labute approximate surface area is 175 Å². The quantitative estimate of drug-likeness (QED) is 0.520. The molecule has 7 nitrogen and oxygen atoms in total. The molecule has 3 aromatic heterocycles. The first-order chi connectivity index (χ1) is 14.3. The number of hydrogen-bond donors (Lipinski definition) is 1. The average molecular weight is 403 g/mol. The van der Waals surface area contributed by atoms with Crippen molar-refractivity contribution in [2.24, 2.45) is 0 Å². The number of rotatable bonds is 4. The van der Waals surface area contributed by atoms with Crippen molar-refractivity contribution < 1.29 is 9.32 Å². The second-order valence-electron chi connectivity index (χ2n) is 8.31. The van der Waals surface area contributed by atoms with Gasteiger partial charge in [-0.3, -0.25) is 9.48 Å². The van der Waals surface area contributed by atoms with E-state index < -0.39 is 0 Å². The lowest BCUT2D eigenvalue weighted by Crippen LogP contribution is -2.19. The molecule has 0 saturated carbocycles. The lowest BCUT2D eigenvalue weighted by molar-refractivity contribution is 0.102. The molecule has 1 N–H and O–H groups in total. The number of anilines is 1. The number of carbonyl (C=O) groups is 1. The van der Waals surface area contributed by atoms with E-state index >= 15 is 0 Å². The van der Waals surface area contributed by atoms with E-state index in [4.69, 9.17) is 4.52 Å². The highest BCUT2D eigenvalue weighted by Crippen LogP contribution is 2.31. The van der Waals surface area contributed by atoms with Crippen LogP contribution in [-0.4, -0.2) is 25.8 Å². The Morgan fingerprint density at radius 1 is 1.17 bits per heavy atom. The molecule has 1 amide bonds. The summed E-state index contributed by atoms with van der Waals surface area (Å²) in [5.41, 5.74) is 4.39. The second kappa shape index (κ2) is 7.40. The number of pyridine rings is 1. The summed E-state index contributed by atoms with van der Waals surface area (Å²) in [5.74, 6) is -0.235. The molecule has 0 radical (unpaired) electrons. The molecule has 0 bridgehead atoms. The minimum Gasteiger partial charge on any atom is -0.335 e. The van der Waals surface area contributed by atoms with Gasteiger partial charge in [0.15, 0.2) is 0 Å². The van der Waals surface area contributed by atoms with Crippen molar-refractivity contribution in [2.75, 3.05) is 5.32 Å². The number of nitrogens with one attached hydrogen (secondary N) is 1. The smallest absolute Gasteiger partial charge is 0.259 e. The summed E-state index contributed by atoms with van der Waals surface area (Å²) in [7, 11) is 0. The number of amides is 1. The van der Waals surface area contributed by atoms with Crippen LogP contribution in [0, 0.1) is 6.92 Å². The van der Waals surface area contributed by atoms with Crippen molar-refractivity contribution in [3.63, 3.8) is 0 Å². The normalized spacial score (nSPS) is 11.8. The Kier molecular flexibility index (Phi) is 4.89. The molecule has 4 aromatic rings. The molecule has 0 aliphatic heterocycles. The van der Waals surface area contributed by atoms with Crippen LogP contribution in [0.1, 0.15) is 49.3 Å². The molecule has 30 heavy (non-hydrogen) atoms. The predicted octanol–water partition coefficient (Wildman–Crippen LogP) is 4.96. The van der Waals surface area contributed by atoms with Crippen LogP contribution < -0.4 is 5.32 Å². The first kappa shape index (κ1) is 19.8. The Morgan fingerprint density at radius 2 is 1.93 bits per heavy atom. The van der Waals surface area contributed by atoms with Crippen LogP contribution in [0.25, 0.3) is 22.5 Å². The Morgan fingerprint density at radius 3 is 2.63 bits per heavy atom. The number of aryl methyl sites for hydroxylation is 2. The average Bonchev–Trinajstić information content (AvgIpc) is 3.34. The maximum absolute atomic E-state index is 13.4. The van der Waals surface area contributed by atoms with Crippen LogP contribution in [-0.2, 0) is 12.0 Å². The van der Waals surface area contributed by atoms with Crippen LogP contribution in [0.2, 0.25) is 0 Å². The Bertz CT molecular complexity index is 1230. The Hall–Kier alpha value is -3.48. The van der Waals surface area contributed by atoms with Gasteiger partial charge in [-0.15, -0.1) is 0 Å². The molecule has 0 aliphatic rings. The molecule has 1 aromatic carbocycles. The fourth-order valence-corrected chi connectivity index (χ4v) is 3.52. The largest absolute Gasteiger partial charge is 0.335 e. The molecule has 0 atom stereocenters. The summed E-state index contributed by atoms with van der Waals surface area (Å²) in [6.07, 6.45) is 1.88. The number of para-hydroxylation sites is 1. The zero-order valence-electron chi connectivity index (χ0n) is 17.9. The van der Waals surface area contributed by atoms with Gasteiger partial charge in [0, 0.05) is 18.4 Å². The molecule has 154 valence electrons. The summed E-state index contributed by atoms with van der Waals surface area (Å²) in [4.78, 5) is 17.9. The van der Waals surface area contributed by atoms with Gasteiger partial charge < -0.3 is 9.84 Å². The van der Waals surface area contributed by atoms with Gasteiger partial charge >= 0.3 is 0 Å². The fourth-order valence-electron chi connectivity index (χ4n) is 3.52. The van der Waals surface area contributed by atoms with Crippen LogP contribution in [0.4, 0.5) is 5.69 Å². The summed E-state index contributed by atoms with van der Waals surface area (Å²) in [6.45, 7) is 10.9. The lowest BCUT2D eigenvalue weighted by atomic mass is 9.86. The number of carbonyl (C=O) groups excluding carboxylic acids is 1. The number of nitrogens with zero attached hydrogens (tertiary/aromatic N) is 4. The SMILES string of the molecule is CCn1ccc(-c2cc(C(=O)Nc3ccccc3C(C)(C)C)c3c(C)noc3n2)n1. The minimum absolute atomic E-state index is 0.108. The minimum atomic E-state index is -0.235. The zero-order valence-corrected chi connectivity index (χ0v) is 17.9. The standard InChI is InChI=1S/C23H25N5O2/c1-6-28-12-11-18(26-28)19-13-15(20-14(2)27-30-22(20)25-19)21(29)24-17-10-8-7-9-16(17)23(3,4)5/h7-13H,6H2,1-5H3,(H,24,29). The van der Waals surface area contributed by atoms with Crippen LogP contribution in [0.5, 0.6) is 0 Å². The van der Waals surface area contributed by atoms with E-state index in [2.05, 4.69) is 41.3 Å². The second-order valence-corrected chi connectivity index (χ2v) is 8.31. The molecule has 0 spiro atoms. The van der Waals surface area contributed by atoms with Crippen LogP contribution in [0.15, 0.2) is 47.1 Å². The maximum Gasteiger partial charge on any atom is 0.259 e.